The second-order valence-corrected chi connectivity index (χ2v) is 3.59. The maximum atomic E-state index is 11.9. The quantitative estimate of drug-likeness (QED) is 0.669. The Hall–Kier alpha value is -1.15. The summed E-state index contributed by atoms with van der Waals surface area (Å²) >= 11 is 0. The van der Waals surface area contributed by atoms with Crippen molar-refractivity contribution >= 4 is 5.78 Å². The lowest BCUT2D eigenvalue weighted by atomic mass is 10.00. The van der Waals surface area contributed by atoms with Gasteiger partial charge in [-0.15, -0.1) is 0 Å². The van der Waals surface area contributed by atoms with E-state index in [9.17, 15) is 4.79 Å². The van der Waals surface area contributed by atoms with E-state index >= 15 is 0 Å². The summed E-state index contributed by atoms with van der Waals surface area (Å²) in [4.78, 5) is 11.9. The Morgan fingerprint density at radius 1 is 1.21 bits per heavy atom. The van der Waals surface area contributed by atoms with Crippen LogP contribution in [0.2, 0.25) is 0 Å². The zero-order valence-corrected chi connectivity index (χ0v) is 8.11. The third kappa shape index (κ3) is 2.02. The number of ketones is 1. The Balaban J connectivity index is 2.07. The van der Waals surface area contributed by atoms with E-state index in [-0.39, 0.29) is 11.9 Å². The van der Waals surface area contributed by atoms with Crippen molar-refractivity contribution in [1.29, 1.82) is 0 Å². The molecule has 1 atom stereocenters. The molecule has 0 N–H and O–H groups in total. The van der Waals surface area contributed by atoms with Crippen LogP contribution in [0.4, 0.5) is 0 Å². The summed E-state index contributed by atoms with van der Waals surface area (Å²) in [5.41, 5.74) is 0.763. The van der Waals surface area contributed by atoms with Crippen molar-refractivity contribution in [3.63, 3.8) is 0 Å². The maximum absolute atomic E-state index is 11.9. The Kier molecular flexibility index (Phi) is 2.94. The summed E-state index contributed by atoms with van der Waals surface area (Å²) in [5, 5.41) is 0. The summed E-state index contributed by atoms with van der Waals surface area (Å²) in [7, 11) is 0. The van der Waals surface area contributed by atoms with Crippen LogP contribution in [0.15, 0.2) is 30.3 Å². The lowest BCUT2D eigenvalue weighted by Crippen LogP contribution is -2.28. The number of hydrogen-bond donors (Lipinski definition) is 0. The number of Topliss-reactive ketones (excluding diaryl/α,β-unsaturated/α-hetero) is 1. The minimum absolute atomic E-state index is 0.130. The Morgan fingerprint density at radius 2 is 2.00 bits per heavy atom. The fourth-order valence-corrected chi connectivity index (χ4v) is 1.74. The maximum Gasteiger partial charge on any atom is 0.191 e. The topological polar surface area (TPSA) is 26.3 Å². The molecule has 74 valence electrons. The minimum Gasteiger partial charge on any atom is -0.370 e. The normalized spacial score (nSPS) is 21.9. The van der Waals surface area contributed by atoms with Gasteiger partial charge in [-0.1, -0.05) is 30.3 Å². The van der Waals surface area contributed by atoms with Gasteiger partial charge in [0.2, 0.25) is 0 Å². The van der Waals surface area contributed by atoms with Gasteiger partial charge in [0, 0.05) is 12.2 Å². The van der Waals surface area contributed by atoms with Crippen LogP contribution in [0, 0.1) is 0 Å². The van der Waals surface area contributed by atoms with E-state index < -0.39 is 0 Å². The summed E-state index contributed by atoms with van der Waals surface area (Å²) in [5.74, 6) is 0.130. The molecule has 1 aliphatic rings. The Morgan fingerprint density at radius 3 is 2.64 bits per heavy atom. The Bertz CT molecular complexity index is 299. The number of hydrogen-bond acceptors (Lipinski definition) is 2. The molecular formula is C12H14O2. The highest BCUT2D eigenvalue weighted by Crippen LogP contribution is 2.17. The van der Waals surface area contributed by atoms with Gasteiger partial charge in [-0.2, -0.15) is 0 Å². The Labute approximate surface area is 83.9 Å². The van der Waals surface area contributed by atoms with Crippen molar-refractivity contribution in [2.75, 3.05) is 6.61 Å². The zero-order chi connectivity index (χ0) is 9.80. The number of carbonyl (C=O) groups excluding carboxylic acids is 1. The van der Waals surface area contributed by atoms with Gasteiger partial charge >= 0.3 is 0 Å². The molecular weight excluding hydrogens is 176 g/mol. The fraction of sp³-hybridized carbons (Fsp3) is 0.417. The molecule has 1 saturated heterocycles. The average Bonchev–Trinajstić information content (AvgIpc) is 2.30. The third-order valence-electron chi connectivity index (χ3n) is 2.53. The van der Waals surface area contributed by atoms with Crippen LogP contribution < -0.4 is 0 Å². The van der Waals surface area contributed by atoms with E-state index in [0.29, 0.717) is 0 Å². The first-order valence-electron chi connectivity index (χ1n) is 5.09. The monoisotopic (exact) mass is 190 g/mol. The first-order chi connectivity index (χ1) is 6.88. The van der Waals surface area contributed by atoms with Gasteiger partial charge in [0.25, 0.3) is 0 Å². The smallest absolute Gasteiger partial charge is 0.191 e. The van der Waals surface area contributed by atoms with Crippen LogP contribution in [-0.2, 0) is 4.74 Å². The molecule has 2 nitrogen and oxygen atoms in total. The highest BCUT2D eigenvalue weighted by molar-refractivity contribution is 5.99. The average molecular weight is 190 g/mol. The molecule has 0 bridgehead atoms. The summed E-state index contributed by atoms with van der Waals surface area (Å²) < 4.78 is 5.44. The van der Waals surface area contributed by atoms with Crippen molar-refractivity contribution in [2.24, 2.45) is 0 Å². The molecule has 0 radical (unpaired) electrons. The molecule has 1 fully saturated rings. The number of rotatable bonds is 2. The zero-order valence-electron chi connectivity index (χ0n) is 8.11. The summed E-state index contributed by atoms with van der Waals surface area (Å²) in [6, 6.07) is 9.38. The molecule has 14 heavy (non-hydrogen) atoms. The largest absolute Gasteiger partial charge is 0.370 e. The number of benzene rings is 1. The molecule has 0 amide bonds. The van der Waals surface area contributed by atoms with E-state index in [0.717, 1.165) is 31.4 Å². The van der Waals surface area contributed by atoms with Crippen molar-refractivity contribution in [1.82, 2.24) is 0 Å². The van der Waals surface area contributed by atoms with E-state index in [4.69, 9.17) is 4.74 Å². The second kappa shape index (κ2) is 4.38. The molecule has 1 aromatic carbocycles. The van der Waals surface area contributed by atoms with E-state index in [1.54, 1.807) is 0 Å². The van der Waals surface area contributed by atoms with Crippen LogP contribution in [0.25, 0.3) is 0 Å². The standard InChI is InChI=1S/C12H14O2/c13-12(10-6-2-1-3-7-10)11-8-4-5-9-14-11/h1-3,6-7,11H,4-5,8-9H2. The first kappa shape index (κ1) is 9.41. The highest BCUT2D eigenvalue weighted by Gasteiger charge is 2.22. The van der Waals surface area contributed by atoms with Gasteiger partial charge in [0.15, 0.2) is 5.78 Å². The van der Waals surface area contributed by atoms with Gasteiger partial charge in [-0.3, -0.25) is 4.79 Å². The number of carbonyl (C=O) groups is 1. The van der Waals surface area contributed by atoms with Crippen LogP contribution in [0.3, 0.4) is 0 Å². The molecule has 1 unspecified atom stereocenters. The molecule has 1 heterocycles. The minimum atomic E-state index is -0.203. The van der Waals surface area contributed by atoms with Crippen molar-refractivity contribution in [3.05, 3.63) is 35.9 Å². The van der Waals surface area contributed by atoms with E-state index in [1.165, 1.54) is 0 Å². The van der Waals surface area contributed by atoms with Gasteiger partial charge in [0.1, 0.15) is 6.10 Å². The van der Waals surface area contributed by atoms with Crippen LogP contribution in [0.5, 0.6) is 0 Å². The van der Waals surface area contributed by atoms with Gasteiger partial charge in [-0.25, -0.2) is 0 Å². The second-order valence-electron chi connectivity index (χ2n) is 3.59. The number of ether oxygens (including phenoxy) is 1. The van der Waals surface area contributed by atoms with E-state index in [1.807, 2.05) is 30.3 Å². The van der Waals surface area contributed by atoms with Crippen LogP contribution >= 0.6 is 0 Å². The van der Waals surface area contributed by atoms with Gasteiger partial charge in [0.05, 0.1) is 0 Å². The fourth-order valence-electron chi connectivity index (χ4n) is 1.74. The highest BCUT2D eigenvalue weighted by atomic mass is 16.5. The summed E-state index contributed by atoms with van der Waals surface area (Å²) in [6.45, 7) is 0.725. The van der Waals surface area contributed by atoms with Crippen molar-refractivity contribution < 1.29 is 9.53 Å². The third-order valence-corrected chi connectivity index (χ3v) is 2.53. The molecule has 0 aliphatic carbocycles. The lowest BCUT2D eigenvalue weighted by molar-refractivity contribution is 0.0186. The van der Waals surface area contributed by atoms with Gasteiger partial charge in [-0.05, 0) is 19.3 Å². The molecule has 2 rings (SSSR count). The molecule has 2 heteroatoms. The molecule has 1 aliphatic heterocycles. The SMILES string of the molecule is O=C(c1ccccc1)C1CCCCO1. The lowest BCUT2D eigenvalue weighted by Gasteiger charge is -2.21. The summed E-state index contributed by atoms with van der Waals surface area (Å²) in [6.07, 6.45) is 2.85. The van der Waals surface area contributed by atoms with Crippen LogP contribution in [0.1, 0.15) is 29.6 Å². The van der Waals surface area contributed by atoms with Crippen LogP contribution in [-0.4, -0.2) is 18.5 Å². The van der Waals surface area contributed by atoms with Crippen molar-refractivity contribution in [3.8, 4) is 0 Å². The molecule has 0 spiro atoms. The molecule has 1 aromatic rings. The predicted molar refractivity (Wildman–Crippen MR) is 54.4 cm³/mol. The molecule has 0 saturated carbocycles. The van der Waals surface area contributed by atoms with Crippen molar-refractivity contribution in [2.45, 2.75) is 25.4 Å². The molecule has 0 aromatic heterocycles. The first-order valence-corrected chi connectivity index (χ1v) is 5.09. The van der Waals surface area contributed by atoms with Gasteiger partial charge < -0.3 is 4.74 Å². The van der Waals surface area contributed by atoms with E-state index in [2.05, 4.69) is 0 Å². The predicted octanol–water partition coefficient (Wildman–Crippen LogP) is 2.44.